The molecule has 0 radical (unpaired) electrons. The number of para-hydroxylation sites is 2. The fourth-order valence-corrected chi connectivity index (χ4v) is 2.25. The van der Waals surface area contributed by atoms with Gasteiger partial charge in [0.2, 0.25) is 0 Å². The van der Waals surface area contributed by atoms with Gasteiger partial charge in [0, 0.05) is 6.54 Å². The average Bonchev–Trinajstić information content (AvgIpc) is 2.91. The Kier molecular flexibility index (Phi) is 3.67. The maximum absolute atomic E-state index is 13.7. The van der Waals surface area contributed by atoms with E-state index in [4.69, 9.17) is 5.73 Å². The summed E-state index contributed by atoms with van der Waals surface area (Å²) in [4.78, 5) is 4.35. The van der Waals surface area contributed by atoms with Crippen LogP contribution in [0.15, 0.2) is 48.8 Å². The van der Waals surface area contributed by atoms with E-state index >= 15 is 0 Å². The molecule has 1 aromatic heterocycles. The van der Waals surface area contributed by atoms with Crippen molar-refractivity contribution in [3.63, 3.8) is 0 Å². The van der Waals surface area contributed by atoms with E-state index in [-0.39, 0.29) is 12.4 Å². The van der Waals surface area contributed by atoms with Crippen molar-refractivity contribution in [3.8, 4) is 11.8 Å². The van der Waals surface area contributed by atoms with Crippen LogP contribution in [0.25, 0.3) is 11.0 Å². The van der Waals surface area contributed by atoms with Crippen LogP contribution in [0, 0.1) is 17.7 Å². The summed E-state index contributed by atoms with van der Waals surface area (Å²) in [6.45, 7) is 0.841. The van der Waals surface area contributed by atoms with Gasteiger partial charge in [0.15, 0.2) is 0 Å². The van der Waals surface area contributed by atoms with Crippen molar-refractivity contribution in [2.75, 3.05) is 6.54 Å². The topological polar surface area (TPSA) is 43.8 Å². The van der Waals surface area contributed by atoms with Gasteiger partial charge in [-0.05, 0) is 29.8 Å². The maximum Gasteiger partial charge on any atom is 0.138 e. The molecule has 0 amide bonds. The number of fused-ring (bicyclic) bond motifs is 1. The Morgan fingerprint density at radius 2 is 2.05 bits per heavy atom. The summed E-state index contributed by atoms with van der Waals surface area (Å²) >= 11 is 0. The first kappa shape index (κ1) is 13.3. The molecular formula is C17H14FN3. The van der Waals surface area contributed by atoms with Crippen LogP contribution in [0.5, 0.6) is 0 Å². The van der Waals surface area contributed by atoms with E-state index in [1.807, 2.05) is 28.8 Å². The number of aromatic nitrogens is 2. The monoisotopic (exact) mass is 279 g/mol. The second kappa shape index (κ2) is 5.78. The molecule has 2 N–H and O–H groups in total. The first-order chi connectivity index (χ1) is 10.3. The first-order valence-corrected chi connectivity index (χ1v) is 6.65. The summed E-state index contributed by atoms with van der Waals surface area (Å²) in [7, 11) is 0. The summed E-state index contributed by atoms with van der Waals surface area (Å²) < 4.78 is 15.7. The Hall–Kier alpha value is -2.64. The highest BCUT2D eigenvalue weighted by Gasteiger charge is 2.05. The highest BCUT2D eigenvalue weighted by atomic mass is 19.1. The van der Waals surface area contributed by atoms with E-state index in [0.717, 1.165) is 16.6 Å². The van der Waals surface area contributed by atoms with Crippen LogP contribution in [0.3, 0.4) is 0 Å². The molecule has 0 aliphatic heterocycles. The molecule has 3 nitrogen and oxygen atoms in total. The summed E-state index contributed by atoms with van der Waals surface area (Å²) in [5, 5.41) is 0. The van der Waals surface area contributed by atoms with Crippen LogP contribution in [0.1, 0.15) is 11.1 Å². The van der Waals surface area contributed by atoms with Gasteiger partial charge in [0.05, 0.1) is 29.5 Å². The number of hydrogen-bond donors (Lipinski definition) is 1. The van der Waals surface area contributed by atoms with Crippen molar-refractivity contribution in [1.29, 1.82) is 0 Å². The van der Waals surface area contributed by atoms with Gasteiger partial charge in [-0.25, -0.2) is 9.37 Å². The normalized spacial score (nSPS) is 10.4. The largest absolute Gasteiger partial charge is 0.326 e. The third kappa shape index (κ3) is 2.78. The Bertz CT molecular complexity index is 840. The molecule has 2 aromatic carbocycles. The molecule has 4 heteroatoms. The number of benzene rings is 2. The van der Waals surface area contributed by atoms with Crippen LogP contribution in [-0.4, -0.2) is 16.1 Å². The van der Waals surface area contributed by atoms with Crippen LogP contribution in [0.4, 0.5) is 4.39 Å². The zero-order valence-electron chi connectivity index (χ0n) is 11.4. The van der Waals surface area contributed by atoms with Crippen LogP contribution in [0.2, 0.25) is 0 Å². The molecule has 0 unspecified atom stereocenters. The molecule has 3 aromatic rings. The Morgan fingerprint density at radius 1 is 1.19 bits per heavy atom. The average molecular weight is 279 g/mol. The highest BCUT2D eigenvalue weighted by molar-refractivity contribution is 5.75. The lowest BCUT2D eigenvalue weighted by molar-refractivity contribution is 0.623. The fourth-order valence-electron chi connectivity index (χ4n) is 2.25. The molecular weight excluding hydrogens is 265 g/mol. The molecule has 3 rings (SSSR count). The molecule has 0 bridgehead atoms. The summed E-state index contributed by atoms with van der Waals surface area (Å²) in [5.74, 6) is 5.11. The van der Waals surface area contributed by atoms with Crippen LogP contribution >= 0.6 is 0 Å². The minimum absolute atomic E-state index is 0.218. The quantitative estimate of drug-likeness (QED) is 0.733. The van der Waals surface area contributed by atoms with Gasteiger partial charge in [-0.1, -0.05) is 30.0 Å². The smallest absolute Gasteiger partial charge is 0.138 e. The molecule has 0 atom stereocenters. The highest BCUT2D eigenvalue weighted by Crippen LogP contribution is 2.16. The Morgan fingerprint density at radius 3 is 2.90 bits per heavy atom. The lowest BCUT2D eigenvalue weighted by atomic mass is 10.1. The summed E-state index contributed by atoms with van der Waals surface area (Å²) in [6.07, 6.45) is 1.79. The lowest BCUT2D eigenvalue weighted by Crippen LogP contribution is -1.99. The van der Waals surface area contributed by atoms with Crippen LogP contribution in [-0.2, 0) is 6.54 Å². The van der Waals surface area contributed by atoms with Gasteiger partial charge in [0.25, 0.3) is 0 Å². The van der Waals surface area contributed by atoms with Crippen molar-refractivity contribution < 1.29 is 4.39 Å². The maximum atomic E-state index is 13.7. The van der Waals surface area contributed by atoms with Gasteiger partial charge in [-0.15, -0.1) is 0 Å². The predicted octanol–water partition coefficient (Wildman–Crippen LogP) is 2.53. The standard InChI is InChI=1S/C17H14FN3/c18-15-8-7-13(10-14(15)4-3-9-19)11-21-12-20-16-5-1-2-6-17(16)21/h1-2,5-8,10,12H,9,11,19H2. The van der Waals surface area contributed by atoms with E-state index in [9.17, 15) is 4.39 Å². The van der Waals surface area contributed by atoms with E-state index < -0.39 is 0 Å². The third-order valence-corrected chi connectivity index (χ3v) is 3.24. The number of rotatable bonds is 2. The second-order valence-corrected chi connectivity index (χ2v) is 4.68. The SMILES string of the molecule is NCC#Cc1cc(Cn2cnc3ccccc32)ccc1F. The van der Waals surface area contributed by atoms with Crippen LogP contribution < -0.4 is 5.73 Å². The van der Waals surface area contributed by atoms with E-state index in [1.165, 1.54) is 6.07 Å². The lowest BCUT2D eigenvalue weighted by Gasteiger charge is -2.06. The number of nitrogens with zero attached hydrogens (tertiary/aromatic N) is 2. The van der Waals surface area contributed by atoms with Gasteiger partial charge in [-0.2, -0.15) is 0 Å². The molecule has 0 aliphatic rings. The molecule has 0 spiro atoms. The zero-order chi connectivity index (χ0) is 14.7. The number of halogens is 1. The van der Waals surface area contributed by atoms with Gasteiger partial charge >= 0.3 is 0 Å². The first-order valence-electron chi connectivity index (χ1n) is 6.65. The van der Waals surface area contributed by atoms with Crippen molar-refractivity contribution in [2.45, 2.75) is 6.54 Å². The molecule has 0 saturated heterocycles. The van der Waals surface area contributed by atoms with Gasteiger partial charge in [-0.3, -0.25) is 0 Å². The minimum atomic E-state index is -0.324. The Labute approximate surface area is 122 Å². The summed E-state index contributed by atoms with van der Waals surface area (Å²) in [5.41, 5.74) is 8.68. The molecule has 0 aliphatic carbocycles. The molecule has 0 fully saturated rings. The predicted molar refractivity (Wildman–Crippen MR) is 81.2 cm³/mol. The second-order valence-electron chi connectivity index (χ2n) is 4.68. The van der Waals surface area contributed by atoms with Crippen molar-refractivity contribution in [1.82, 2.24) is 9.55 Å². The molecule has 0 saturated carbocycles. The number of imidazole rings is 1. The third-order valence-electron chi connectivity index (χ3n) is 3.24. The van der Waals surface area contributed by atoms with Crippen molar-refractivity contribution in [3.05, 3.63) is 65.7 Å². The number of nitrogens with two attached hydrogens (primary N) is 1. The van der Waals surface area contributed by atoms with E-state index in [1.54, 1.807) is 18.5 Å². The zero-order valence-corrected chi connectivity index (χ0v) is 11.4. The van der Waals surface area contributed by atoms with Crippen molar-refractivity contribution >= 4 is 11.0 Å². The molecule has 104 valence electrons. The fraction of sp³-hybridized carbons (Fsp3) is 0.118. The summed E-state index contributed by atoms with van der Waals surface area (Å²) in [6, 6.07) is 12.9. The van der Waals surface area contributed by atoms with E-state index in [0.29, 0.717) is 12.1 Å². The van der Waals surface area contributed by atoms with Gasteiger partial charge < -0.3 is 10.3 Å². The molecule has 1 heterocycles. The number of hydrogen-bond acceptors (Lipinski definition) is 2. The van der Waals surface area contributed by atoms with E-state index in [2.05, 4.69) is 16.8 Å². The molecule has 21 heavy (non-hydrogen) atoms. The minimum Gasteiger partial charge on any atom is -0.326 e. The van der Waals surface area contributed by atoms with Gasteiger partial charge in [0.1, 0.15) is 5.82 Å². The Balaban J connectivity index is 1.94. The van der Waals surface area contributed by atoms with Crippen molar-refractivity contribution in [2.24, 2.45) is 5.73 Å².